The van der Waals surface area contributed by atoms with Gasteiger partial charge in [0.25, 0.3) is 0 Å². The van der Waals surface area contributed by atoms with Crippen molar-refractivity contribution in [1.82, 2.24) is 0 Å². The Morgan fingerprint density at radius 1 is 1.46 bits per heavy atom. The van der Waals surface area contributed by atoms with E-state index in [0.29, 0.717) is 11.1 Å². The van der Waals surface area contributed by atoms with Gasteiger partial charge in [-0.2, -0.15) is 0 Å². The fourth-order valence-corrected chi connectivity index (χ4v) is 1.67. The summed E-state index contributed by atoms with van der Waals surface area (Å²) in [6, 6.07) is 3.37. The van der Waals surface area contributed by atoms with Gasteiger partial charge < -0.3 is 10.5 Å². The topological polar surface area (TPSA) is 35.2 Å². The Balaban J connectivity index is 3.11. The predicted molar refractivity (Wildman–Crippen MR) is 52.7 cm³/mol. The summed E-state index contributed by atoms with van der Waals surface area (Å²) in [4.78, 5) is 0. The molecule has 0 amide bonds. The van der Waals surface area contributed by atoms with Gasteiger partial charge in [-0.3, -0.25) is 0 Å². The quantitative estimate of drug-likeness (QED) is 0.889. The van der Waals surface area contributed by atoms with Crippen LogP contribution < -0.4 is 5.73 Å². The third-order valence-electron chi connectivity index (χ3n) is 1.71. The van der Waals surface area contributed by atoms with Crippen molar-refractivity contribution in [1.29, 1.82) is 0 Å². The van der Waals surface area contributed by atoms with E-state index < -0.39 is 0 Å². The smallest absolute Gasteiger partial charge is 0.133 e. The zero-order valence-electron chi connectivity index (χ0n) is 7.31. The minimum Gasteiger partial charge on any atom is -0.380 e. The highest BCUT2D eigenvalue weighted by Crippen LogP contribution is 2.20. The Morgan fingerprint density at radius 3 is 2.62 bits per heavy atom. The van der Waals surface area contributed by atoms with Crippen LogP contribution in [0.1, 0.15) is 11.1 Å². The molecular weight excluding hydrogens is 237 g/mol. The highest BCUT2D eigenvalue weighted by molar-refractivity contribution is 9.10. The van der Waals surface area contributed by atoms with Crippen molar-refractivity contribution in [2.45, 2.75) is 13.2 Å². The molecule has 0 aromatic heterocycles. The zero-order valence-corrected chi connectivity index (χ0v) is 8.90. The van der Waals surface area contributed by atoms with Gasteiger partial charge in [-0.05, 0) is 12.1 Å². The van der Waals surface area contributed by atoms with Crippen molar-refractivity contribution >= 4 is 15.9 Å². The van der Waals surface area contributed by atoms with E-state index >= 15 is 0 Å². The highest BCUT2D eigenvalue weighted by atomic mass is 79.9. The van der Waals surface area contributed by atoms with Crippen LogP contribution in [0.5, 0.6) is 0 Å². The normalized spacial score (nSPS) is 10.5. The second kappa shape index (κ2) is 4.69. The molecule has 0 heterocycles. The number of hydrogen-bond donors (Lipinski definition) is 1. The Hall–Kier alpha value is -0.450. The van der Waals surface area contributed by atoms with Crippen LogP contribution in [0.4, 0.5) is 4.39 Å². The van der Waals surface area contributed by atoms with Crippen LogP contribution in [-0.2, 0) is 17.9 Å². The van der Waals surface area contributed by atoms with Gasteiger partial charge in [0.1, 0.15) is 5.82 Å². The molecule has 1 rings (SSSR count). The summed E-state index contributed by atoms with van der Waals surface area (Å²) in [5, 5.41) is 0. The molecule has 0 saturated heterocycles. The highest BCUT2D eigenvalue weighted by Gasteiger charge is 2.08. The van der Waals surface area contributed by atoms with Crippen LogP contribution in [-0.4, -0.2) is 7.11 Å². The van der Waals surface area contributed by atoms with Crippen molar-refractivity contribution in [2.24, 2.45) is 5.73 Å². The second-order valence-corrected chi connectivity index (χ2v) is 3.59. The molecule has 2 nitrogen and oxygen atoms in total. The summed E-state index contributed by atoms with van der Waals surface area (Å²) in [6.07, 6.45) is 0. The van der Waals surface area contributed by atoms with Crippen molar-refractivity contribution < 1.29 is 9.13 Å². The van der Waals surface area contributed by atoms with E-state index in [1.165, 1.54) is 7.11 Å². The SMILES string of the molecule is COCc1cc(Br)cc(CN)c1F. The summed E-state index contributed by atoms with van der Waals surface area (Å²) in [5.74, 6) is -0.271. The molecule has 1 aromatic carbocycles. The van der Waals surface area contributed by atoms with E-state index in [-0.39, 0.29) is 19.0 Å². The molecule has 0 spiro atoms. The van der Waals surface area contributed by atoms with Gasteiger partial charge in [-0.1, -0.05) is 15.9 Å². The average molecular weight is 248 g/mol. The maximum atomic E-state index is 13.5. The lowest BCUT2D eigenvalue weighted by atomic mass is 10.1. The molecule has 0 aliphatic rings. The monoisotopic (exact) mass is 247 g/mol. The maximum Gasteiger partial charge on any atom is 0.133 e. The Morgan fingerprint density at radius 2 is 2.08 bits per heavy atom. The number of halogens is 2. The maximum absolute atomic E-state index is 13.5. The molecule has 0 atom stereocenters. The lowest BCUT2D eigenvalue weighted by Gasteiger charge is -2.07. The summed E-state index contributed by atoms with van der Waals surface area (Å²) < 4.78 is 19.1. The third kappa shape index (κ3) is 2.49. The standard InChI is InChI=1S/C9H11BrFNO/c1-13-5-7-3-8(10)2-6(4-12)9(7)11/h2-3H,4-5,12H2,1H3. The van der Waals surface area contributed by atoms with Gasteiger partial charge in [0, 0.05) is 29.3 Å². The average Bonchev–Trinajstić information content (AvgIpc) is 2.11. The molecule has 0 unspecified atom stereocenters. The molecule has 72 valence electrons. The van der Waals surface area contributed by atoms with Gasteiger partial charge >= 0.3 is 0 Å². The van der Waals surface area contributed by atoms with Crippen LogP contribution in [0.3, 0.4) is 0 Å². The molecule has 4 heteroatoms. The number of nitrogens with two attached hydrogens (primary N) is 1. The number of ether oxygens (including phenoxy) is 1. The third-order valence-corrected chi connectivity index (χ3v) is 2.17. The zero-order chi connectivity index (χ0) is 9.84. The van der Waals surface area contributed by atoms with Crippen molar-refractivity contribution in [3.63, 3.8) is 0 Å². The minimum absolute atomic E-state index is 0.196. The Labute approximate surface area is 85.0 Å². The molecule has 2 N–H and O–H groups in total. The number of hydrogen-bond acceptors (Lipinski definition) is 2. The van der Waals surface area contributed by atoms with E-state index in [4.69, 9.17) is 10.5 Å². The number of benzene rings is 1. The van der Waals surface area contributed by atoms with E-state index in [1.807, 2.05) is 0 Å². The van der Waals surface area contributed by atoms with Crippen LogP contribution in [0.15, 0.2) is 16.6 Å². The van der Waals surface area contributed by atoms with Gasteiger partial charge in [0.2, 0.25) is 0 Å². The molecule has 0 saturated carbocycles. The summed E-state index contributed by atoms with van der Waals surface area (Å²) in [6.45, 7) is 0.459. The number of rotatable bonds is 3. The van der Waals surface area contributed by atoms with Crippen LogP contribution >= 0.6 is 15.9 Å². The predicted octanol–water partition coefficient (Wildman–Crippen LogP) is 2.19. The second-order valence-electron chi connectivity index (χ2n) is 2.68. The molecule has 13 heavy (non-hydrogen) atoms. The van der Waals surface area contributed by atoms with Crippen LogP contribution in [0, 0.1) is 5.82 Å². The summed E-state index contributed by atoms with van der Waals surface area (Å²) in [7, 11) is 1.53. The van der Waals surface area contributed by atoms with Gasteiger partial charge in [0.15, 0.2) is 0 Å². The van der Waals surface area contributed by atoms with Crippen molar-refractivity contribution in [3.8, 4) is 0 Å². The Kier molecular flexibility index (Phi) is 3.84. The van der Waals surface area contributed by atoms with Crippen molar-refractivity contribution in [3.05, 3.63) is 33.5 Å². The molecule has 0 aliphatic carbocycles. The molecule has 0 aliphatic heterocycles. The fourth-order valence-electron chi connectivity index (χ4n) is 1.12. The first-order valence-corrected chi connectivity index (χ1v) is 4.64. The molecule has 1 aromatic rings. The largest absolute Gasteiger partial charge is 0.380 e. The molecule has 0 radical (unpaired) electrons. The van der Waals surface area contributed by atoms with Crippen LogP contribution in [0.25, 0.3) is 0 Å². The molecule has 0 bridgehead atoms. The van der Waals surface area contributed by atoms with E-state index in [2.05, 4.69) is 15.9 Å². The van der Waals surface area contributed by atoms with Gasteiger partial charge in [0.05, 0.1) is 6.61 Å². The van der Waals surface area contributed by atoms with E-state index in [9.17, 15) is 4.39 Å². The fraction of sp³-hybridized carbons (Fsp3) is 0.333. The van der Waals surface area contributed by atoms with Gasteiger partial charge in [-0.25, -0.2) is 4.39 Å². The molecule has 0 fully saturated rings. The van der Waals surface area contributed by atoms with E-state index in [0.717, 1.165) is 4.47 Å². The van der Waals surface area contributed by atoms with Crippen molar-refractivity contribution in [2.75, 3.05) is 7.11 Å². The molecular formula is C9H11BrFNO. The summed E-state index contributed by atoms with van der Waals surface area (Å²) in [5.41, 5.74) is 6.41. The van der Waals surface area contributed by atoms with Crippen LogP contribution in [0.2, 0.25) is 0 Å². The first-order chi connectivity index (χ1) is 6.19. The lowest BCUT2D eigenvalue weighted by Crippen LogP contribution is -2.03. The summed E-state index contributed by atoms with van der Waals surface area (Å²) >= 11 is 3.28. The van der Waals surface area contributed by atoms with Gasteiger partial charge in [-0.15, -0.1) is 0 Å². The first kappa shape index (κ1) is 10.6. The first-order valence-electron chi connectivity index (χ1n) is 3.84. The number of methoxy groups -OCH3 is 1. The lowest BCUT2D eigenvalue weighted by molar-refractivity contribution is 0.181. The van der Waals surface area contributed by atoms with E-state index in [1.54, 1.807) is 12.1 Å². The minimum atomic E-state index is -0.271. The Bertz CT molecular complexity index is 304.